The molecule has 0 heterocycles. The number of hydrogen-bond donors (Lipinski definition) is 1. The molecule has 1 aromatic rings. The first-order valence-corrected chi connectivity index (χ1v) is 5.96. The lowest BCUT2D eigenvalue weighted by Crippen LogP contribution is -2.14. The average Bonchev–Trinajstić information content (AvgIpc) is 2.33. The Labute approximate surface area is 97.1 Å². The van der Waals surface area contributed by atoms with E-state index < -0.39 is 0 Å². The minimum Gasteiger partial charge on any atom is -0.389 e. The van der Waals surface area contributed by atoms with Gasteiger partial charge >= 0.3 is 0 Å². The first kappa shape index (κ1) is 11.2. The van der Waals surface area contributed by atoms with Crippen LogP contribution in [0.15, 0.2) is 48.1 Å². The monoisotopic (exact) mass is 214 g/mol. The standard InChI is InChI=1S/C15H18O/c16-15-12-5-4-10-14(15)11-6-9-13-7-2-1-3-8-13/h1-3,6-9,11,15-16H,4-5,10,12H2. The van der Waals surface area contributed by atoms with Crippen LogP contribution in [0.3, 0.4) is 0 Å². The highest BCUT2D eigenvalue weighted by Crippen LogP contribution is 2.23. The van der Waals surface area contributed by atoms with Gasteiger partial charge in [-0.2, -0.15) is 0 Å². The van der Waals surface area contributed by atoms with Crippen molar-refractivity contribution in [3.8, 4) is 0 Å². The third-order valence-corrected chi connectivity index (χ3v) is 3.02. The summed E-state index contributed by atoms with van der Waals surface area (Å²) in [6.07, 6.45) is 10.3. The number of benzene rings is 1. The van der Waals surface area contributed by atoms with E-state index >= 15 is 0 Å². The van der Waals surface area contributed by atoms with Gasteiger partial charge in [-0.25, -0.2) is 0 Å². The summed E-state index contributed by atoms with van der Waals surface area (Å²) < 4.78 is 0. The maximum atomic E-state index is 9.76. The number of aliphatic hydroxyl groups excluding tert-OH is 1. The van der Waals surface area contributed by atoms with Gasteiger partial charge in [0.15, 0.2) is 0 Å². The fraction of sp³-hybridized carbons (Fsp3) is 0.333. The van der Waals surface area contributed by atoms with Gasteiger partial charge in [-0.3, -0.25) is 0 Å². The second-order valence-electron chi connectivity index (χ2n) is 4.27. The molecular formula is C15H18O. The molecule has 0 aromatic heterocycles. The fourth-order valence-electron chi connectivity index (χ4n) is 2.06. The van der Waals surface area contributed by atoms with Gasteiger partial charge in [0.1, 0.15) is 0 Å². The van der Waals surface area contributed by atoms with Crippen molar-refractivity contribution >= 4 is 6.08 Å². The molecule has 0 spiro atoms. The Balaban J connectivity index is 2.00. The van der Waals surface area contributed by atoms with Crippen molar-refractivity contribution in [3.63, 3.8) is 0 Å². The third-order valence-electron chi connectivity index (χ3n) is 3.02. The highest BCUT2D eigenvalue weighted by molar-refractivity contribution is 5.51. The van der Waals surface area contributed by atoms with E-state index in [1.54, 1.807) is 0 Å². The van der Waals surface area contributed by atoms with Crippen LogP contribution in [0.25, 0.3) is 6.08 Å². The van der Waals surface area contributed by atoms with Crippen molar-refractivity contribution < 1.29 is 5.11 Å². The molecule has 1 aliphatic carbocycles. The summed E-state index contributed by atoms with van der Waals surface area (Å²) in [5, 5.41) is 9.76. The summed E-state index contributed by atoms with van der Waals surface area (Å²) in [5.74, 6) is 0. The fourth-order valence-corrected chi connectivity index (χ4v) is 2.06. The summed E-state index contributed by atoms with van der Waals surface area (Å²) in [7, 11) is 0. The summed E-state index contributed by atoms with van der Waals surface area (Å²) in [6, 6.07) is 10.2. The van der Waals surface area contributed by atoms with E-state index in [0.717, 1.165) is 19.3 Å². The Morgan fingerprint density at radius 1 is 1.12 bits per heavy atom. The summed E-state index contributed by atoms with van der Waals surface area (Å²) in [6.45, 7) is 0. The van der Waals surface area contributed by atoms with Crippen LogP contribution >= 0.6 is 0 Å². The van der Waals surface area contributed by atoms with Crippen molar-refractivity contribution in [3.05, 3.63) is 53.6 Å². The van der Waals surface area contributed by atoms with Gasteiger partial charge in [0.25, 0.3) is 0 Å². The topological polar surface area (TPSA) is 20.2 Å². The summed E-state index contributed by atoms with van der Waals surface area (Å²) in [4.78, 5) is 0. The molecule has 1 heteroatoms. The molecule has 84 valence electrons. The van der Waals surface area contributed by atoms with E-state index in [2.05, 4.69) is 24.3 Å². The molecule has 0 aliphatic heterocycles. The van der Waals surface area contributed by atoms with Gasteiger partial charge in [-0.05, 0) is 30.4 Å². The van der Waals surface area contributed by atoms with Gasteiger partial charge in [0, 0.05) is 0 Å². The quantitative estimate of drug-likeness (QED) is 0.798. The van der Waals surface area contributed by atoms with Gasteiger partial charge in [0.05, 0.1) is 6.10 Å². The molecule has 16 heavy (non-hydrogen) atoms. The van der Waals surface area contributed by atoms with E-state index in [-0.39, 0.29) is 6.10 Å². The molecule has 1 fully saturated rings. The van der Waals surface area contributed by atoms with Gasteiger partial charge in [0.2, 0.25) is 0 Å². The number of hydrogen-bond acceptors (Lipinski definition) is 1. The lowest BCUT2D eigenvalue weighted by atomic mass is 9.92. The van der Waals surface area contributed by atoms with Crippen LogP contribution in [-0.2, 0) is 0 Å². The Morgan fingerprint density at radius 2 is 1.94 bits per heavy atom. The molecule has 0 bridgehead atoms. The minimum atomic E-state index is -0.214. The predicted molar refractivity (Wildman–Crippen MR) is 68.0 cm³/mol. The molecule has 1 aliphatic rings. The zero-order valence-corrected chi connectivity index (χ0v) is 9.47. The van der Waals surface area contributed by atoms with Gasteiger partial charge in [-0.15, -0.1) is 0 Å². The van der Waals surface area contributed by atoms with Crippen molar-refractivity contribution in [1.82, 2.24) is 0 Å². The number of aliphatic hydroxyl groups is 1. The van der Waals surface area contributed by atoms with Crippen LogP contribution in [0.2, 0.25) is 0 Å². The zero-order chi connectivity index (χ0) is 11.2. The third kappa shape index (κ3) is 3.07. The maximum absolute atomic E-state index is 9.76. The number of allylic oxidation sites excluding steroid dienone is 2. The lowest BCUT2D eigenvalue weighted by Gasteiger charge is -2.19. The molecule has 1 saturated carbocycles. The summed E-state index contributed by atoms with van der Waals surface area (Å²) >= 11 is 0. The van der Waals surface area contributed by atoms with E-state index in [9.17, 15) is 5.11 Å². The van der Waals surface area contributed by atoms with Crippen molar-refractivity contribution in [2.45, 2.75) is 31.8 Å². The van der Waals surface area contributed by atoms with E-state index in [4.69, 9.17) is 0 Å². The SMILES string of the molecule is OC1CCCCC1=CC=Cc1ccccc1. The Hall–Kier alpha value is -1.34. The maximum Gasteiger partial charge on any atom is 0.0753 e. The lowest BCUT2D eigenvalue weighted by molar-refractivity contribution is 0.178. The molecule has 0 saturated heterocycles. The normalized spacial score (nSPS) is 24.1. The molecule has 0 radical (unpaired) electrons. The molecule has 1 N–H and O–H groups in total. The number of rotatable bonds is 2. The van der Waals surface area contributed by atoms with E-state index in [1.165, 1.54) is 17.6 Å². The van der Waals surface area contributed by atoms with E-state index in [1.807, 2.05) is 24.3 Å². The van der Waals surface area contributed by atoms with Crippen molar-refractivity contribution in [1.29, 1.82) is 0 Å². The van der Waals surface area contributed by atoms with Gasteiger partial charge in [-0.1, -0.05) is 55.0 Å². The Morgan fingerprint density at radius 3 is 2.69 bits per heavy atom. The molecule has 2 rings (SSSR count). The minimum absolute atomic E-state index is 0.214. The van der Waals surface area contributed by atoms with Crippen molar-refractivity contribution in [2.24, 2.45) is 0 Å². The van der Waals surface area contributed by atoms with Crippen LogP contribution in [0.1, 0.15) is 31.2 Å². The van der Waals surface area contributed by atoms with Crippen molar-refractivity contribution in [2.75, 3.05) is 0 Å². The van der Waals surface area contributed by atoms with Gasteiger partial charge < -0.3 is 5.11 Å². The smallest absolute Gasteiger partial charge is 0.0753 e. The van der Waals surface area contributed by atoms with E-state index in [0.29, 0.717) is 0 Å². The molecule has 0 amide bonds. The Kier molecular flexibility index (Phi) is 3.95. The van der Waals surface area contributed by atoms with Crippen LogP contribution < -0.4 is 0 Å². The summed E-state index contributed by atoms with van der Waals surface area (Å²) in [5.41, 5.74) is 2.38. The molecule has 1 nitrogen and oxygen atoms in total. The highest BCUT2D eigenvalue weighted by Gasteiger charge is 2.14. The predicted octanol–water partition coefficient (Wildman–Crippen LogP) is 3.56. The van der Waals surface area contributed by atoms with Crippen LogP contribution in [0.4, 0.5) is 0 Å². The van der Waals surface area contributed by atoms with Crippen LogP contribution in [-0.4, -0.2) is 11.2 Å². The van der Waals surface area contributed by atoms with Crippen LogP contribution in [0.5, 0.6) is 0 Å². The second kappa shape index (κ2) is 5.66. The molecular weight excluding hydrogens is 196 g/mol. The highest BCUT2D eigenvalue weighted by atomic mass is 16.3. The molecule has 1 atom stereocenters. The molecule has 1 unspecified atom stereocenters. The zero-order valence-electron chi connectivity index (χ0n) is 9.47. The second-order valence-corrected chi connectivity index (χ2v) is 4.27. The largest absolute Gasteiger partial charge is 0.389 e. The average molecular weight is 214 g/mol. The Bertz CT molecular complexity index is 376. The molecule has 1 aromatic carbocycles. The first-order valence-electron chi connectivity index (χ1n) is 5.96. The van der Waals surface area contributed by atoms with Crippen LogP contribution in [0, 0.1) is 0 Å². The first-order chi connectivity index (χ1) is 7.86.